The Balaban J connectivity index is 2.56. The molecule has 2 amide bonds. The van der Waals surface area contributed by atoms with Crippen LogP contribution in [0, 0.1) is 0 Å². The van der Waals surface area contributed by atoms with Crippen molar-refractivity contribution in [3.05, 3.63) is 0 Å². The summed E-state index contributed by atoms with van der Waals surface area (Å²) < 4.78 is 0. The smallest absolute Gasteiger partial charge is 0.326 e. The lowest BCUT2D eigenvalue weighted by molar-refractivity contribution is -0.139. The summed E-state index contributed by atoms with van der Waals surface area (Å²) in [5, 5.41) is 11.8. The Hall–Kier alpha value is -0.950. The number of likely N-dealkylation sites (tertiary alicyclic amines) is 1. The molecule has 1 saturated heterocycles. The molecule has 1 rings (SSSR count). The molecule has 1 aliphatic rings. The largest absolute Gasteiger partial charge is 0.480 e. The highest BCUT2D eigenvalue weighted by Crippen LogP contribution is 2.18. The van der Waals surface area contributed by atoms with E-state index < -0.39 is 12.0 Å². The van der Waals surface area contributed by atoms with Gasteiger partial charge in [-0.2, -0.15) is 11.8 Å². The highest BCUT2D eigenvalue weighted by Gasteiger charge is 2.31. The first kappa shape index (κ1) is 17.1. The molecule has 0 aliphatic carbocycles. The number of aliphatic carboxylic acids is 1. The summed E-state index contributed by atoms with van der Waals surface area (Å²) in [5.74, 6) is -0.242. The zero-order valence-corrected chi connectivity index (χ0v) is 13.3. The van der Waals surface area contributed by atoms with Crippen molar-refractivity contribution in [3.8, 4) is 0 Å². The van der Waals surface area contributed by atoms with Gasteiger partial charge in [0.1, 0.15) is 6.04 Å². The maximum Gasteiger partial charge on any atom is 0.326 e. The summed E-state index contributed by atoms with van der Waals surface area (Å²) >= 11 is 1.58. The molecule has 7 heteroatoms. The summed E-state index contributed by atoms with van der Waals surface area (Å²) in [5.41, 5.74) is 0. The maximum atomic E-state index is 12.2. The van der Waals surface area contributed by atoms with Gasteiger partial charge in [0.25, 0.3) is 0 Å². The number of carbonyl (C=O) groups is 2. The molecule has 1 heterocycles. The molecule has 20 heavy (non-hydrogen) atoms. The second kappa shape index (κ2) is 8.36. The zero-order chi connectivity index (χ0) is 15.1. The Morgan fingerprint density at radius 1 is 1.50 bits per heavy atom. The van der Waals surface area contributed by atoms with Gasteiger partial charge in [-0.3, -0.25) is 0 Å². The van der Waals surface area contributed by atoms with E-state index in [2.05, 4.69) is 10.2 Å². The van der Waals surface area contributed by atoms with Gasteiger partial charge in [0, 0.05) is 19.1 Å². The molecule has 2 atom stereocenters. The Morgan fingerprint density at radius 3 is 2.75 bits per heavy atom. The van der Waals surface area contributed by atoms with Gasteiger partial charge >= 0.3 is 12.0 Å². The van der Waals surface area contributed by atoms with Crippen LogP contribution in [0.1, 0.15) is 19.3 Å². The first-order valence-electron chi connectivity index (χ1n) is 6.89. The van der Waals surface area contributed by atoms with Crippen molar-refractivity contribution in [1.29, 1.82) is 0 Å². The van der Waals surface area contributed by atoms with Gasteiger partial charge in [-0.25, -0.2) is 9.59 Å². The van der Waals surface area contributed by atoms with Crippen LogP contribution in [-0.4, -0.2) is 78.2 Å². The first-order chi connectivity index (χ1) is 9.45. The molecular weight excluding hydrogens is 278 g/mol. The number of carboxylic acids is 1. The Bertz CT molecular complexity index is 339. The Morgan fingerprint density at radius 2 is 2.20 bits per heavy atom. The van der Waals surface area contributed by atoms with Gasteiger partial charge in [0.15, 0.2) is 0 Å². The van der Waals surface area contributed by atoms with E-state index in [-0.39, 0.29) is 12.1 Å². The number of hydrogen-bond acceptors (Lipinski definition) is 4. The van der Waals surface area contributed by atoms with Crippen LogP contribution in [0.25, 0.3) is 0 Å². The van der Waals surface area contributed by atoms with Crippen molar-refractivity contribution < 1.29 is 14.7 Å². The molecule has 6 nitrogen and oxygen atoms in total. The minimum absolute atomic E-state index is 0.181. The van der Waals surface area contributed by atoms with Gasteiger partial charge in [-0.05, 0) is 45.4 Å². The number of likely N-dealkylation sites (N-methyl/N-ethyl adjacent to an activating group) is 1. The average molecular weight is 303 g/mol. The molecule has 1 fully saturated rings. The molecule has 0 saturated carbocycles. The topological polar surface area (TPSA) is 72.9 Å². The summed E-state index contributed by atoms with van der Waals surface area (Å²) in [7, 11) is 3.96. The van der Waals surface area contributed by atoms with E-state index in [1.165, 1.54) is 0 Å². The minimum Gasteiger partial charge on any atom is -0.480 e. The number of nitrogens with zero attached hydrogens (tertiary/aromatic N) is 2. The zero-order valence-electron chi connectivity index (χ0n) is 12.5. The lowest BCUT2D eigenvalue weighted by Crippen LogP contribution is -2.51. The number of carboxylic acid groups (broad SMARTS) is 1. The molecule has 0 bridgehead atoms. The highest BCUT2D eigenvalue weighted by atomic mass is 32.2. The molecule has 116 valence electrons. The summed E-state index contributed by atoms with van der Waals surface area (Å²) in [6.45, 7) is 1.52. The van der Waals surface area contributed by atoms with Gasteiger partial charge in [0.2, 0.25) is 0 Å². The van der Waals surface area contributed by atoms with Crippen molar-refractivity contribution in [3.63, 3.8) is 0 Å². The van der Waals surface area contributed by atoms with Gasteiger partial charge in [0.05, 0.1) is 0 Å². The molecule has 0 spiro atoms. The predicted octanol–water partition coefficient (Wildman–Crippen LogP) is 0.928. The van der Waals surface area contributed by atoms with E-state index in [9.17, 15) is 9.59 Å². The standard InChI is InChI=1S/C13H25N3O3S/c1-15(2)9-10-5-4-7-16(10)13(19)14-11(12(17)18)6-8-20-3/h10-11H,4-9H2,1-3H3,(H,14,19)(H,17,18)/t10?,11-/m1/s1. The van der Waals surface area contributed by atoms with Crippen LogP contribution in [0.3, 0.4) is 0 Å². The van der Waals surface area contributed by atoms with E-state index in [1.807, 2.05) is 20.4 Å². The Kier molecular flexibility index (Phi) is 7.15. The fraction of sp³-hybridized carbons (Fsp3) is 0.846. The molecule has 1 unspecified atom stereocenters. The Labute approximate surface area is 124 Å². The predicted molar refractivity (Wildman–Crippen MR) is 81.2 cm³/mol. The highest BCUT2D eigenvalue weighted by molar-refractivity contribution is 7.98. The monoisotopic (exact) mass is 303 g/mol. The third-order valence-electron chi connectivity index (χ3n) is 3.42. The number of thioether (sulfide) groups is 1. The normalized spacial score (nSPS) is 20.2. The third kappa shape index (κ3) is 5.20. The lowest BCUT2D eigenvalue weighted by Gasteiger charge is -2.28. The van der Waals surface area contributed by atoms with Crippen molar-refractivity contribution in [2.45, 2.75) is 31.3 Å². The summed E-state index contributed by atoms with van der Waals surface area (Å²) in [6, 6.07) is -0.863. The van der Waals surface area contributed by atoms with E-state index in [4.69, 9.17) is 5.11 Å². The lowest BCUT2D eigenvalue weighted by atomic mass is 10.2. The van der Waals surface area contributed by atoms with E-state index in [0.29, 0.717) is 13.0 Å². The quantitative estimate of drug-likeness (QED) is 0.732. The maximum absolute atomic E-state index is 12.2. The SMILES string of the molecule is CSCC[C@@H](NC(=O)N1CCCC1CN(C)C)C(=O)O. The van der Waals surface area contributed by atoms with Crippen LogP contribution in [-0.2, 0) is 4.79 Å². The number of hydrogen-bond donors (Lipinski definition) is 2. The molecule has 1 aliphatic heterocycles. The number of nitrogens with one attached hydrogen (secondary N) is 1. The van der Waals surface area contributed by atoms with Crippen molar-refractivity contribution in [2.24, 2.45) is 0 Å². The van der Waals surface area contributed by atoms with Crippen LogP contribution in [0.2, 0.25) is 0 Å². The summed E-state index contributed by atoms with van der Waals surface area (Å²) in [6.07, 6.45) is 4.34. The van der Waals surface area contributed by atoms with Crippen LogP contribution in [0.4, 0.5) is 4.79 Å². The molecule has 0 aromatic rings. The van der Waals surface area contributed by atoms with Crippen LogP contribution >= 0.6 is 11.8 Å². The van der Waals surface area contributed by atoms with Gasteiger partial charge < -0.3 is 20.2 Å². The number of urea groups is 1. The average Bonchev–Trinajstić information content (AvgIpc) is 2.81. The summed E-state index contributed by atoms with van der Waals surface area (Å²) in [4.78, 5) is 27.2. The minimum atomic E-state index is -0.962. The van der Waals surface area contributed by atoms with E-state index >= 15 is 0 Å². The molecule has 0 radical (unpaired) electrons. The van der Waals surface area contributed by atoms with Gasteiger partial charge in [-0.15, -0.1) is 0 Å². The van der Waals surface area contributed by atoms with E-state index in [0.717, 1.165) is 25.1 Å². The van der Waals surface area contributed by atoms with Crippen molar-refractivity contribution in [1.82, 2.24) is 15.1 Å². The molecular formula is C13H25N3O3S. The van der Waals surface area contributed by atoms with Gasteiger partial charge in [-0.1, -0.05) is 0 Å². The molecule has 0 aromatic carbocycles. The number of rotatable bonds is 7. The fourth-order valence-corrected chi connectivity index (χ4v) is 2.91. The van der Waals surface area contributed by atoms with Crippen LogP contribution in [0.15, 0.2) is 0 Å². The van der Waals surface area contributed by atoms with E-state index in [1.54, 1.807) is 16.7 Å². The van der Waals surface area contributed by atoms with Crippen LogP contribution in [0.5, 0.6) is 0 Å². The van der Waals surface area contributed by atoms with Crippen LogP contribution < -0.4 is 5.32 Å². The van der Waals surface area contributed by atoms with Crippen molar-refractivity contribution >= 4 is 23.8 Å². The number of carbonyl (C=O) groups excluding carboxylic acids is 1. The third-order valence-corrected chi connectivity index (χ3v) is 4.06. The number of amides is 2. The fourth-order valence-electron chi connectivity index (χ4n) is 2.44. The first-order valence-corrected chi connectivity index (χ1v) is 8.28. The second-order valence-corrected chi connectivity index (χ2v) is 6.36. The second-order valence-electron chi connectivity index (χ2n) is 5.37. The molecule has 0 aromatic heterocycles. The molecule has 2 N–H and O–H groups in total. The van der Waals surface area contributed by atoms with Crippen molar-refractivity contribution in [2.75, 3.05) is 39.2 Å².